The van der Waals surface area contributed by atoms with Gasteiger partial charge in [-0.1, -0.05) is 6.07 Å². The van der Waals surface area contributed by atoms with E-state index in [1.807, 2.05) is 0 Å². The molecule has 0 saturated heterocycles. The van der Waals surface area contributed by atoms with E-state index in [1.165, 1.54) is 29.2 Å². The molecule has 0 atom stereocenters. The predicted molar refractivity (Wildman–Crippen MR) is 154 cm³/mol. The topological polar surface area (TPSA) is 151 Å². The van der Waals surface area contributed by atoms with Crippen molar-refractivity contribution in [3.63, 3.8) is 0 Å². The monoisotopic (exact) mass is 581 g/mol. The van der Waals surface area contributed by atoms with Gasteiger partial charge in [0.15, 0.2) is 11.6 Å². The van der Waals surface area contributed by atoms with E-state index in [9.17, 15) is 28.0 Å². The number of H-pyrrole nitrogens is 1. The molecule has 0 spiro atoms. The van der Waals surface area contributed by atoms with Crippen LogP contribution in [0.5, 0.6) is 0 Å². The Balaban J connectivity index is 1.19. The smallest absolute Gasteiger partial charge is 0.265 e. The van der Waals surface area contributed by atoms with E-state index in [0.29, 0.717) is 39.2 Å². The lowest BCUT2D eigenvalue weighted by Crippen LogP contribution is -2.37. The number of nitrogens with one attached hydrogen (secondary N) is 4. The van der Waals surface area contributed by atoms with Crippen LogP contribution < -0.4 is 21.5 Å². The van der Waals surface area contributed by atoms with Crippen molar-refractivity contribution in [2.75, 3.05) is 17.2 Å². The van der Waals surface area contributed by atoms with Gasteiger partial charge in [-0.05, 0) is 60.2 Å². The summed E-state index contributed by atoms with van der Waals surface area (Å²) in [6, 6.07) is 12.8. The second-order valence-electron chi connectivity index (χ2n) is 9.62. The number of hydrogen-bond donors (Lipinski definition) is 4. The van der Waals surface area contributed by atoms with E-state index in [-0.39, 0.29) is 23.7 Å². The molecule has 0 aliphatic carbocycles. The standard InChI is InChI=1S/C30H21F2N7O4/c31-23-5-3-16(8-24(23)32)14-39-27-17(2-1-7-34-27)9-22(30(39)43)28(41)35-13-26(40)37-18-4-6-25-20(10-18)21(29(42)38-25)11-19-12-33-15-36-19/h1-12,15H,13-14H2,(H,33,36)(H,35,41)(H,37,40)(H,38,42). The lowest BCUT2D eigenvalue weighted by atomic mass is 10.1. The number of benzene rings is 2. The fourth-order valence-corrected chi connectivity index (χ4v) is 4.71. The summed E-state index contributed by atoms with van der Waals surface area (Å²) in [4.78, 5) is 62.6. The van der Waals surface area contributed by atoms with Crippen molar-refractivity contribution >= 4 is 51.8 Å². The Morgan fingerprint density at radius 2 is 1.88 bits per heavy atom. The Kier molecular flexibility index (Phi) is 7.04. The van der Waals surface area contributed by atoms with Gasteiger partial charge in [-0.15, -0.1) is 0 Å². The van der Waals surface area contributed by atoms with Crippen molar-refractivity contribution in [2.45, 2.75) is 6.54 Å². The highest BCUT2D eigenvalue weighted by Crippen LogP contribution is 2.34. The summed E-state index contributed by atoms with van der Waals surface area (Å²) >= 11 is 0. The number of anilines is 2. The first-order valence-electron chi connectivity index (χ1n) is 12.9. The first-order valence-corrected chi connectivity index (χ1v) is 12.9. The van der Waals surface area contributed by atoms with Gasteiger partial charge in [0.2, 0.25) is 5.91 Å². The quantitative estimate of drug-likeness (QED) is 0.217. The number of rotatable bonds is 7. The molecule has 13 heteroatoms. The first kappa shape index (κ1) is 27.2. The fourth-order valence-electron chi connectivity index (χ4n) is 4.71. The molecule has 214 valence electrons. The zero-order chi connectivity index (χ0) is 30.1. The highest BCUT2D eigenvalue weighted by molar-refractivity contribution is 6.35. The van der Waals surface area contributed by atoms with E-state index < -0.39 is 35.6 Å². The number of amides is 3. The molecule has 4 N–H and O–H groups in total. The van der Waals surface area contributed by atoms with Gasteiger partial charge in [0.1, 0.15) is 11.2 Å². The van der Waals surface area contributed by atoms with Gasteiger partial charge >= 0.3 is 0 Å². The van der Waals surface area contributed by atoms with Crippen LogP contribution in [0.4, 0.5) is 20.2 Å². The summed E-state index contributed by atoms with van der Waals surface area (Å²) in [7, 11) is 0. The average Bonchev–Trinajstić information content (AvgIpc) is 3.62. The van der Waals surface area contributed by atoms with Gasteiger partial charge < -0.3 is 20.9 Å². The predicted octanol–water partition coefficient (Wildman–Crippen LogP) is 3.31. The summed E-state index contributed by atoms with van der Waals surface area (Å²) in [5.41, 5.74) is 2.11. The molecule has 0 saturated carbocycles. The molecule has 0 fully saturated rings. The third-order valence-electron chi connectivity index (χ3n) is 6.73. The summed E-state index contributed by atoms with van der Waals surface area (Å²) in [5.74, 6) is -3.78. The van der Waals surface area contributed by atoms with E-state index in [0.717, 1.165) is 12.1 Å². The maximum atomic E-state index is 13.8. The molecule has 11 nitrogen and oxygen atoms in total. The molecule has 0 radical (unpaired) electrons. The van der Waals surface area contributed by atoms with E-state index in [1.54, 1.807) is 42.6 Å². The fraction of sp³-hybridized carbons (Fsp3) is 0.0667. The molecular formula is C30H21F2N7O4. The molecule has 6 rings (SSSR count). The Labute approximate surface area is 241 Å². The molecule has 3 aromatic heterocycles. The van der Waals surface area contributed by atoms with Crippen LogP contribution in [0, 0.1) is 11.6 Å². The molecule has 2 aromatic carbocycles. The van der Waals surface area contributed by atoms with Crippen LogP contribution in [-0.4, -0.2) is 43.8 Å². The lowest BCUT2D eigenvalue weighted by molar-refractivity contribution is -0.115. The van der Waals surface area contributed by atoms with Crippen LogP contribution >= 0.6 is 0 Å². The Bertz CT molecular complexity index is 2020. The minimum Gasteiger partial charge on any atom is -0.345 e. The lowest BCUT2D eigenvalue weighted by Gasteiger charge is -2.13. The Morgan fingerprint density at radius 3 is 2.67 bits per heavy atom. The number of aromatic nitrogens is 4. The summed E-state index contributed by atoms with van der Waals surface area (Å²) in [6.07, 6.45) is 6.16. The van der Waals surface area contributed by atoms with Gasteiger partial charge in [0, 0.05) is 28.5 Å². The summed E-state index contributed by atoms with van der Waals surface area (Å²) in [5, 5.41) is 8.34. The van der Waals surface area contributed by atoms with Crippen molar-refractivity contribution < 1.29 is 23.2 Å². The SMILES string of the molecule is O=C(CNC(=O)c1cc2cccnc2n(Cc2ccc(F)c(F)c2)c1=O)Nc1ccc2c(c1)C(=Cc1cnc[nH]1)C(=O)N2. The number of imidazole rings is 1. The van der Waals surface area contributed by atoms with Gasteiger partial charge in [-0.3, -0.25) is 23.7 Å². The van der Waals surface area contributed by atoms with Crippen molar-refractivity contribution in [3.05, 3.63) is 118 Å². The normalized spacial score (nSPS) is 13.2. The average molecular weight is 582 g/mol. The Hall–Kier alpha value is -5.98. The van der Waals surface area contributed by atoms with Crippen molar-refractivity contribution in [1.82, 2.24) is 24.8 Å². The highest BCUT2D eigenvalue weighted by atomic mass is 19.2. The molecule has 0 bridgehead atoms. The van der Waals surface area contributed by atoms with E-state index >= 15 is 0 Å². The van der Waals surface area contributed by atoms with E-state index in [2.05, 4.69) is 30.9 Å². The van der Waals surface area contributed by atoms with Gasteiger partial charge in [0.25, 0.3) is 17.4 Å². The van der Waals surface area contributed by atoms with Crippen LogP contribution in [0.2, 0.25) is 0 Å². The third kappa shape index (κ3) is 5.51. The zero-order valence-electron chi connectivity index (χ0n) is 22.2. The number of halogens is 2. The number of hydrogen-bond acceptors (Lipinski definition) is 6. The van der Waals surface area contributed by atoms with Crippen molar-refractivity contribution in [1.29, 1.82) is 0 Å². The minimum absolute atomic E-state index is 0.169. The van der Waals surface area contributed by atoms with Crippen LogP contribution in [0.3, 0.4) is 0 Å². The summed E-state index contributed by atoms with van der Waals surface area (Å²) in [6.45, 7) is -0.630. The van der Waals surface area contributed by atoms with Crippen molar-refractivity contribution in [3.8, 4) is 0 Å². The van der Waals surface area contributed by atoms with Crippen LogP contribution in [-0.2, 0) is 16.1 Å². The second-order valence-corrected chi connectivity index (χ2v) is 9.62. The number of fused-ring (bicyclic) bond motifs is 2. The number of nitrogens with zero attached hydrogens (tertiary/aromatic N) is 3. The second kappa shape index (κ2) is 11.1. The maximum Gasteiger partial charge on any atom is 0.265 e. The minimum atomic E-state index is -1.07. The number of aromatic amines is 1. The number of carbonyl (C=O) groups excluding carboxylic acids is 3. The number of carbonyl (C=O) groups is 3. The Morgan fingerprint density at radius 1 is 1.02 bits per heavy atom. The van der Waals surface area contributed by atoms with Crippen LogP contribution in [0.15, 0.2) is 78.1 Å². The molecule has 5 aromatic rings. The zero-order valence-corrected chi connectivity index (χ0v) is 22.2. The first-order chi connectivity index (χ1) is 20.8. The molecule has 4 heterocycles. The van der Waals surface area contributed by atoms with Crippen molar-refractivity contribution in [2.24, 2.45) is 0 Å². The van der Waals surface area contributed by atoms with Crippen LogP contribution in [0.25, 0.3) is 22.7 Å². The maximum absolute atomic E-state index is 13.8. The largest absolute Gasteiger partial charge is 0.345 e. The molecule has 1 aliphatic heterocycles. The van der Waals surface area contributed by atoms with Gasteiger partial charge in [-0.2, -0.15) is 0 Å². The summed E-state index contributed by atoms with van der Waals surface area (Å²) < 4.78 is 28.4. The number of pyridine rings is 2. The molecule has 0 unspecified atom stereocenters. The molecule has 43 heavy (non-hydrogen) atoms. The molecule has 3 amide bonds. The van der Waals surface area contributed by atoms with E-state index in [4.69, 9.17) is 0 Å². The highest BCUT2D eigenvalue weighted by Gasteiger charge is 2.25. The van der Waals surface area contributed by atoms with Gasteiger partial charge in [-0.25, -0.2) is 18.7 Å². The molecule has 1 aliphatic rings. The molecular weight excluding hydrogens is 560 g/mol. The van der Waals surface area contributed by atoms with Gasteiger partial charge in [0.05, 0.1) is 36.9 Å². The third-order valence-corrected chi connectivity index (χ3v) is 6.73. The van der Waals surface area contributed by atoms with Crippen LogP contribution in [0.1, 0.15) is 27.2 Å².